The Morgan fingerprint density at radius 3 is 2.83 bits per heavy atom. The van der Waals surface area contributed by atoms with Crippen molar-refractivity contribution >= 4 is 5.84 Å². The van der Waals surface area contributed by atoms with E-state index in [1.54, 1.807) is 45.3 Å². The first-order valence-corrected chi connectivity index (χ1v) is 7.55. The normalized spacial score (nSPS) is 21.8. The fourth-order valence-electron chi connectivity index (χ4n) is 2.62. The number of aliphatic hydroxyl groups excluding tert-OH is 1. The monoisotopic (exact) mass is 328 g/mol. The maximum atomic E-state index is 10.7. The molecule has 0 aliphatic carbocycles. The van der Waals surface area contributed by atoms with E-state index in [4.69, 9.17) is 20.0 Å². The molecule has 0 fully saturated rings. The molecular weight excluding hydrogens is 308 g/mol. The zero-order chi connectivity index (χ0) is 17.7. The Morgan fingerprint density at radius 1 is 1.46 bits per heavy atom. The summed E-state index contributed by atoms with van der Waals surface area (Å²) in [7, 11) is 1.56. The molecule has 0 saturated heterocycles. The number of hydrogen-bond acceptors (Lipinski definition) is 6. The summed E-state index contributed by atoms with van der Waals surface area (Å²) in [5.41, 5.74) is 0.285. The van der Waals surface area contributed by atoms with Crippen molar-refractivity contribution < 1.29 is 14.6 Å². The average molecular weight is 328 g/mol. The van der Waals surface area contributed by atoms with E-state index in [1.165, 1.54) is 0 Å². The van der Waals surface area contributed by atoms with Gasteiger partial charge in [0.25, 0.3) is 0 Å². The summed E-state index contributed by atoms with van der Waals surface area (Å²) in [5.74, 6) is 0.999. The van der Waals surface area contributed by atoms with Crippen LogP contribution in [0.15, 0.2) is 23.2 Å². The van der Waals surface area contributed by atoms with Crippen LogP contribution in [-0.2, 0) is 4.74 Å². The minimum atomic E-state index is -0.898. The SMILES string of the molecule is COCCC(=NC#N)N[C@@H]1c2cc(C#N)ccc2OC(C)(C)[C@H]1O. The van der Waals surface area contributed by atoms with Gasteiger partial charge in [-0.15, -0.1) is 0 Å². The number of hydrogen-bond donors (Lipinski definition) is 2. The third-order valence-corrected chi connectivity index (χ3v) is 3.93. The Hall–Kier alpha value is -2.61. The highest BCUT2D eigenvalue weighted by Gasteiger charge is 2.43. The van der Waals surface area contributed by atoms with Crippen molar-refractivity contribution in [2.75, 3.05) is 13.7 Å². The summed E-state index contributed by atoms with van der Waals surface area (Å²) >= 11 is 0. The Balaban J connectivity index is 2.41. The van der Waals surface area contributed by atoms with Gasteiger partial charge in [-0.25, -0.2) is 0 Å². The van der Waals surface area contributed by atoms with Gasteiger partial charge in [0.2, 0.25) is 6.19 Å². The van der Waals surface area contributed by atoms with E-state index in [9.17, 15) is 5.11 Å². The van der Waals surface area contributed by atoms with Crippen LogP contribution in [0.2, 0.25) is 0 Å². The summed E-state index contributed by atoms with van der Waals surface area (Å²) in [6.07, 6.45) is 1.26. The summed E-state index contributed by atoms with van der Waals surface area (Å²) in [5, 5.41) is 31.8. The fourth-order valence-corrected chi connectivity index (χ4v) is 2.62. The van der Waals surface area contributed by atoms with Crippen molar-refractivity contribution in [3.63, 3.8) is 0 Å². The van der Waals surface area contributed by atoms with Crippen LogP contribution in [0.5, 0.6) is 5.75 Å². The van der Waals surface area contributed by atoms with Gasteiger partial charge in [0.1, 0.15) is 23.3 Å². The molecule has 24 heavy (non-hydrogen) atoms. The molecule has 1 aliphatic heterocycles. The molecule has 0 amide bonds. The molecule has 2 atom stereocenters. The number of aliphatic imine (C=N–C) groups is 1. The highest BCUT2D eigenvalue weighted by molar-refractivity contribution is 5.83. The number of aliphatic hydroxyl groups is 1. The van der Waals surface area contributed by atoms with Crippen LogP contribution in [-0.4, -0.2) is 36.4 Å². The molecule has 0 radical (unpaired) electrons. The standard InChI is InChI=1S/C17H20N4O3/c1-17(2)16(22)15(21-14(20-10-19)6-7-23-3)12-8-11(9-18)4-5-13(12)24-17/h4-5,8,15-16,22H,6-7H2,1-3H3,(H,20,21)/t15-,16+/m1/s1. The molecule has 0 spiro atoms. The molecule has 7 nitrogen and oxygen atoms in total. The fraction of sp³-hybridized carbons (Fsp3) is 0.471. The van der Waals surface area contributed by atoms with E-state index in [1.807, 2.05) is 0 Å². The molecule has 0 aromatic heterocycles. The Morgan fingerprint density at radius 2 is 2.21 bits per heavy atom. The van der Waals surface area contributed by atoms with Crippen LogP contribution in [0.3, 0.4) is 0 Å². The number of amidine groups is 1. The highest BCUT2D eigenvalue weighted by Crippen LogP contribution is 2.40. The van der Waals surface area contributed by atoms with Crippen LogP contribution in [0.4, 0.5) is 0 Å². The molecule has 0 unspecified atom stereocenters. The minimum absolute atomic E-state index is 0.390. The van der Waals surface area contributed by atoms with E-state index in [0.717, 1.165) is 0 Å². The van der Waals surface area contributed by atoms with Crippen LogP contribution < -0.4 is 10.1 Å². The number of nitrogens with zero attached hydrogens (tertiary/aromatic N) is 3. The zero-order valence-corrected chi connectivity index (χ0v) is 13.9. The van der Waals surface area contributed by atoms with Crippen molar-refractivity contribution in [2.45, 2.75) is 38.0 Å². The number of fused-ring (bicyclic) bond motifs is 1. The van der Waals surface area contributed by atoms with Gasteiger partial charge in [-0.1, -0.05) is 0 Å². The lowest BCUT2D eigenvalue weighted by atomic mass is 9.86. The van der Waals surface area contributed by atoms with Gasteiger partial charge in [-0.05, 0) is 32.0 Å². The van der Waals surface area contributed by atoms with Crippen molar-refractivity contribution in [1.82, 2.24) is 5.32 Å². The number of methoxy groups -OCH3 is 1. The molecule has 1 aromatic carbocycles. The molecule has 1 heterocycles. The second-order valence-electron chi connectivity index (χ2n) is 6.04. The topological polar surface area (TPSA) is 111 Å². The minimum Gasteiger partial charge on any atom is -0.485 e. The number of nitrogens with one attached hydrogen (secondary N) is 1. The molecule has 0 bridgehead atoms. The molecule has 1 aliphatic rings. The van der Waals surface area contributed by atoms with Crippen LogP contribution in [0.1, 0.15) is 37.4 Å². The number of rotatable bonds is 4. The lowest BCUT2D eigenvalue weighted by molar-refractivity contribution is -0.0611. The number of benzene rings is 1. The summed E-state index contributed by atoms with van der Waals surface area (Å²) in [4.78, 5) is 3.77. The molecule has 0 saturated carbocycles. The Labute approximate surface area is 141 Å². The third-order valence-electron chi connectivity index (χ3n) is 3.93. The van der Waals surface area contributed by atoms with Gasteiger partial charge in [0.05, 0.1) is 24.3 Å². The highest BCUT2D eigenvalue weighted by atomic mass is 16.5. The maximum absolute atomic E-state index is 10.7. The molecule has 2 N–H and O–H groups in total. The second-order valence-corrected chi connectivity index (χ2v) is 6.04. The van der Waals surface area contributed by atoms with Crippen LogP contribution in [0.25, 0.3) is 0 Å². The van der Waals surface area contributed by atoms with Crippen molar-refractivity contribution in [2.24, 2.45) is 4.99 Å². The van der Waals surface area contributed by atoms with E-state index >= 15 is 0 Å². The Bertz CT molecular complexity index is 716. The second kappa shape index (κ2) is 7.31. The first-order chi connectivity index (χ1) is 11.4. The summed E-state index contributed by atoms with van der Waals surface area (Å²) in [6, 6.07) is 6.58. The summed E-state index contributed by atoms with van der Waals surface area (Å²) < 4.78 is 10.9. The number of nitriles is 2. The van der Waals surface area contributed by atoms with Gasteiger partial charge < -0.3 is 19.9 Å². The van der Waals surface area contributed by atoms with Crippen LogP contribution >= 0.6 is 0 Å². The van der Waals surface area contributed by atoms with Gasteiger partial charge in [-0.2, -0.15) is 15.5 Å². The average Bonchev–Trinajstić information content (AvgIpc) is 2.56. The number of ether oxygens (including phenoxy) is 2. The van der Waals surface area contributed by atoms with Crippen molar-refractivity contribution in [3.8, 4) is 18.0 Å². The van der Waals surface area contributed by atoms with E-state index in [-0.39, 0.29) is 0 Å². The third kappa shape index (κ3) is 3.65. The quantitative estimate of drug-likeness (QED) is 0.494. The van der Waals surface area contributed by atoms with Gasteiger partial charge in [0, 0.05) is 19.1 Å². The van der Waals surface area contributed by atoms with Gasteiger partial charge in [0.15, 0.2) is 0 Å². The zero-order valence-electron chi connectivity index (χ0n) is 13.9. The van der Waals surface area contributed by atoms with E-state index < -0.39 is 17.7 Å². The maximum Gasteiger partial charge on any atom is 0.207 e. The van der Waals surface area contributed by atoms with Gasteiger partial charge >= 0.3 is 0 Å². The van der Waals surface area contributed by atoms with Crippen molar-refractivity contribution in [1.29, 1.82) is 10.5 Å². The molecule has 2 rings (SSSR count). The first-order valence-electron chi connectivity index (χ1n) is 7.55. The van der Waals surface area contributed by atoms with E-state index in [0.29, 0.717) is 35.7 Å². The lowest BCUT2D eigenvalue weighted by Crippen LogP contribution is -2.53. The summed E-state index contributed by atoms with van der Waals surface area (Å²) in [6.45, 7) is 3.95. The molecule has 126 valence electrons. The first kappa shape index (κ1) is 17.7. The Kier molecular flexibility index (Phi) is 5.40. The largest absolute Gasteiger partial charge is 0.485 e. The predicted molar refractivity (Wildman–Crippen MR) is 87.3 cm³/mol. The molecular formula is C17H20N4O3. The van der Waals surface area contributed by atoms with E-state index in [2.05, 4.69) is 16.4 Å². The van der Waals surface area contributed by atoms with Crippen LogP contribution in [0, 0.1) is 22.8 Å². The smallest absolute Gasteiger partial charge is 0.207 e. The molecule has 7 heteroatoms. The van der Waals surface area contributed by atoms with Gasteiger partial charge in [-0.3, -0.25) is 0 Å². The van der Waals surface area contributed by atoms with Crippen molar-refractivity contribution in [3.05, 3.63) is 29.3 Å². The molecule has 1 aromatic rings. The predicted octanol–water partition coefficient (Wildman–Crippen LogP) is 1.64. The lowest BCUT2D eigenvalue weighted by Gasteiger charge is -2.42.